The minimum Gasteiger partial charge on any atom is -0.508 e. The predicted molar refractivity (Wildman–Crippen MR) is 133 cm³/mol. The number of carbonyl (C=O) groups is 1. The largest absolute Gasteiger partial charge is 0.508 e. The zero-order valence-corrected chi connectivity index (χ0v) is 19.4. The molecular formula is C27H24N4O5. The summed E-state index contributed by atoms with van der Waals surface area (Å²) in [5.41, 5.74) is 2.60. The summed E-state index contributed by atoms with van der Waals surface area (Å²) in [7, 11) is 0. The van der Waals surface area contributed by atoms with Crippen LogP contribution in [0, 0.1) is 0 Å². The van der Waals surface area contributed by atoms with Crippen LogP contribution < -0.4 is 20.3 Å². The van der Waals surface area contributed by atoms with Gasteiger partial charge in [-0.2, -0.15) is 4.98 Å². The van der Waals surface area contributed by atoms with Gasteiger partial charge in [-0.3, -0.25) is 14.6 Å². The Morgan fingerprint density at radius 3 is 2.75 bits per heavy atom. The summed E-state index contributed by atoms with van der Waals surface area (Å²) in [4.78, 5) is 37.7. The molecule has 2 aromatic carbocycles. The first kappa shape index (κ1) is 22.1. The Labute approximate surface area is 206 Å². The van der Waals surface area contributed by atoms with Gasteiger partial charge in [-0.25, -0.2) is 4.98 Å². The quantitative estimate of drug-likeness (QED) is 0.400. The maximum atomic E-state index is 13.2. The number of phenolic OH excluding ortho intramolecular Hbond substituents is 1. The minimum atomic E-state index is -0.365. The van der Waals surface area contributed by atoms with Gasteiger partial charge in [0.1, 0.15) is 5.75 Å². The number of aromatic amines is 1. The highest BCUT2D eigenvalue weighted by atomic mass is 16.5. The van der Waals surface area contributed by atoms with E-state index in [-0.39, 0.29) is 41.0 Å². The number of para-hydroxylation sites is 1. The normalized spacial score (nSPS) is 16.9. The summed E-state index contributed by atoms with van der Waals surface area (Å²) in [6, 6.07) is 12.7. The van der Waals surface area contributed by atoms with Crippen LogP contribution in [0.4, 0.5) is 5.95 Å². The smallest absolute Gasteiger partial charge is 0.262 e. The van der Waals surface area contributed by atoms with Gasteiger partial charge in [-0.15, -0.1) is 0 Å². The highest BCUT2D eigenvalue weighted by molar-refractivity contribution is 6.02. The van der Waals surface area contributed by atoms with Crippen LogP contribution in [0.5, 0.6) is 17.2 Å². The third-order valence-electron chi connectivity index (χ3n) is 6.67. The number of benzene rings is 2. The number of Topliss-reactive ketones (excluding diaryl/α,β-unsaturated/α-hetero) is 1. The van der Waals surface area contributed by atoms with Crippen molar-refractivity contribution in [2.24, 2.45) is 0 Å². The number of hydrogen-bond donors (Lipinski definition) is 3. The first-order valence-corrected chi connectivity index (χ1v) is 11.9. The number of ether oxygens (including phenoxy) is 2. The number of ketones is 1. The van der Waals surface area contributed by atoms with Crippen molar-refractivity contribution in [2.75, 3.05) is 18.5 Å². The van der Waals surface area contributed by atoms with E-state index in [4.69, 9.17) is 9.47 Å². The Morgan fingerprint density at radius 2 is 1.89 bits per heavy atom. The molecule has 2 aliphatic rings. The van der Waals surface area contributed by atoms with E-state index >= 15 is 0 Å². The van der Waals surface area contributed by atoms with Crippen molar-refractivity contribution in [3.8, 4) is 17.2 Å². The highest BCUT2D eigenvalue weighted by Crippen LogP contribution is 2.38. The lowest BCUT2D eigenvalue weighted by Gasteiger charge is -2.25. The van der Waals surface area contributed by atoms with E-state index in [2.05, 4.69) is 20.3 Å². The van der Waals surface area contributed by atoms with Crippen molar-refractivity contribution in [1.29, 1.82) is 0 Å². The number of pyridine rings is 1. The van der Waals surface area contributed by atoms with E-state index in [1.165, 1.54) is 6.20 Å². The molecular weight excluding hydrogens is 460 g/mol. The van der Waals surface area contributed by atoms with Crippen LogP contribution in [0.3, 0.4) is 0 Å². The first-order valence-electron chi connectivity index (χ1n) is 11.9. The lowest BCUT2D eigenvalue weighted by atomic mass is 9.79. The predicted octanol–water partition coefficient (Wildman–Crippen LogP) is 3.71. The van der Waals surface area contributed by atoms with Crippen LogP contribution in [0.2, 0.25) is 0 Å². The van der Waals surface area contributed by atoms with Gasteiger partial charge in [-0.05, 0) is 47.2 Å². The van der Waals surface area contributed by atoms with Crippen molar-refractivity contribution in [3.05, 3.63) is 81.3 Å². The van der Waals surface area contributed by atoms with Gasteiger partial charge in [0.25, 0.3) is 5.56 Å². The molecule has 1 aliphatic heterocycles. The third kappa shape index (κ3) is 4.02. The zero-order valence-electron chi connectivity index (χ0n) is 19.4. The van der Waals surface area contributed by atoms with E-state index in [0.29, 0.717) is 54.0 Å². The Hall–Kier alpha value is -4.40. The number of anilines is 1. The monoisotopic (exact) mass is 484 g/mol. The number of phenols is 1. The van der Waals surface area contributed by atoms with Crippen molar-refractivity contribution in [2.45, 2.75) is 31.7 Å². The zero-order chi connectivity index (χ0) is 24.6. The highest BCUT2D eigenvalue weighted by Gasteiger charge is 2.30. The average molecular weight is 485 g/mol. The van der Waals surface area contributed by atoms with Gasteiger partial charge in [0.15, 0.2) is 22.9 Å². The summed E-state index contributed by atoms with van der Waals surface area (Å²) in [6.07, 6.45) is 3.02. The van der Waals surface area contributed by atoms with Crippen LogP contribution in [-0.4, -0.2) is 39.1 Å². The molecule has 0 spiro atoms. The molecule has 0 radical (unpaired) electrons. The second-order valence-corrected chi connectivity index (χ2v) is 9.04. The van der Waals surface area contributed by atoms with Gasteiger partial charge in [0.05, 0.1) is 18.6 Å². The van der Waals surface area contributed by atoms with Gasteiger partial charge in [0, 0.05) is 31.1 Å². The fourth-order valence-corrected chi connectivity index (χ4v) is 4.91. The minimum absolute atomic E-state index is 0.102. The summed E-state index contributed by atoms with van der Waals surface area (Å²) >= 11 is 0. The summed E-state index contributed by atoms with van der Waals surface area (Å²) in [5.74, 6) is 1.52. The van der Waals surface area contributed by atoms with Crippen LogP contribution in [0.25, 0.3) is 11.0 Å². The van der Waals surface area contributed by atoms with Crippen molar-refractivity contribution >= 4 is 22.8 Å². The molecule has 0 bridgehead atoms. The van der Waals surface area contributed by atoms with E-state index in [0.717, 1.165) is 17.7 Å². The molecule has 2 aromatic heterocycles. The fraction of sp³-hybridized carbons (Fsp3) is 0.259. The number of hydrogen-bond acceptors (Lipinski definition) is 8. The maximum Gasteiger partial charge on any atom is 0.262 e. The molecule has 0 saturated heterocycles. The lowest BCUT2D eigenvalue weighted by Crippen LogP contribution is -2.23. The van der Waals surface area contributed by atoms with Crippen molar-refractivity contribution < 1.29 is 19.4 Å². The number of fused-ring (bicyclic) bond motifs is 4. The summed E-state index contributed by atoms with van der Waals surface area (Å²) in [6.45, 7) is 1.64. The number of nitrogens with zero attached hydrogens (tertiary/aromatic N) is 2. The Balaban J connectivity index is 1.29. The van der Waals surface area contributed by atoms with Crippen LogP contribution >= 0.6 is 0 Å². The number of H-pyrrole nitrogens is 1. The van der Waals surface area contributed by atoms with Crippen molar-refractivity contribution in [3.63, 3.8) is 0 Å². The van der Waals surface area contributed by atoms with Crippen LogP contribution in [0.15, 0.2) is 53.5 Å². The van der Waals surface area contributed by atoms with Gasteiger partial charge < -0.3 is 19.9 Å². The molecule has 1 aliphatic carbocycles. The van der Waals surface area contributed by atoms with Crippen LogP contribution in [0.1, 0.15) is 45.8 Å². The van der Waals surface area contributed by atoms with Crippen molar-refractivity contribution in [1.82, 2.24) is 15.0 Å². The molecule has 1 unspecified atom stereocenters. The number of rotatable bonds is 4. The number of aromatic nitrogens is 3. The topological polar surface area (TPSA) is 126 Å². The Bertz CT molecular complexity index is 1550. The SMILES string of the molecule is O=C1CC(c2ccccc2O)Cc2c1cnc1nc(NCc3ccc4c(c3)OCCCO4)[nH]c(=O)c21. The molecule has 4 aromatic rings. The molecule has 0 fully saturated rings. The number of carbonyl (C=O) groups excluding carboxylic acids is 1. The molecule has 182 valence electrons. The fourth-order valence-electron chi connectivity index (χ4n) is 4.91. The molecule has 1 atom stereocenters. The molecule has 3 N–H and O–H groups in total. The Kier molecular flexibility index (Phi) is 5.52. The number of nitrogens with one attached hydrogen (secondary N) is 2. The molecule has 36 heavy (non-hydrogen) atoms. The standard InChI is InChI=1S/C27H24N4O5/c32-20-5-2-1-4-17(20)16-11-18-19(21(33)12-16)14-28-25-24(18)26(34)31-27(30-25)29-13-15-6-7-22-23(10-15)36-9-3-8-35-22/h1-2,4-7,10,14,16,32H,3,8-9,11-13H2,(H2,28,29,30,31,34). The van der Waals surface area contributed by atoms with Gasteiger partial charge in [-0.1, -0.05) is 24.3 Å². The molecule has 6 rings (SSSR count). The third-order valence-corrected chi connectivity index (χ3v) is 6.67. The van der Waals surface area contributed by atoms with E-state index in [1.54, 1.807) is 12.1 Å². The maximum absolute atomic E-state index is 13.2. The second kappa shape index (κ2) is 8.99. The van der Waals surface area contributed by atoms with E-state index in [1.807, 2.05) is 30.3 Å². The average Bonchev–Trinajstić information content (AvgIpc) is 3.12. The summed E-state index contributed by atoms with van der Waals surface area (Å²) < 4.78 is 11.4. The Morgan fingerprint density at radius 1 is 1.06 bits per heavy atom. The molecule has 0 saturated carbocycles. The molecule has 9 nitrogen and oxygen atoms in total. The van der Waals surface area contributed by atoms with E-state index in [9.17, 15) is 14.7 Å². The lowest BCUT2D eigenvalue weighted by molar-refractivity contribution is 0.0964. The second-order valence-electron chi connectivity index (χ2n) is 9.04. The van der Waals surface area contributed by atoms with Crippen LogP contribution in [-0.2, 0) is 13.0 Å². The van der Waals surface area contributed by atoms with Gasteiger partial charge >= 0.3 is 0 Å². The molecule has 9 heteroatoms. The molecule has 3 heterocycles. The van der Waals surface area contributed by atoms with Gasteiger partial charge in [0.2, 0.25) is 5.95 Å². The molecule has 0 amide bonds. The number of aromatic hydroxyl groups is 1. The van der Waals surface area contributed by atoms with E-state index < -0.39 is 0 Å². The first-order chi connectivity index (χ1) is 17.6. The summed E-state index contributed by atoms with van der Waals surface area (Å²) in [5, 5.41) is 13.8.